The molecule has 0 radical (unpaired) electrons. The van der Waals surface area contributed by atoms with E-state index in [-0.39, 0.29) is 19.0 Å². The van der Waals surface area contributed by atoms with Crippen molar-refractivity contribution in [3.8, 4) is 0 Å². The van der Waals surface area contributed by atoms with Gasteiger partial charge in [-0.2, -0.15) is 0 Å². The first kappa shape index (κ1) is 14.8. The molecule has 114 valence electrons. The molecule has 21 heavy (non-hydrogen) atoms. The Hall–Kier alpha value is -1.16. The molecule has 1 aliphatic heterocycles. The van der Waals surface area contributed by atoms with Crippen LogP contribution in [0.15, 0.2) is 24.3 Å². The molecule has 2 aliphatic rings. The molecule has 0 bridgehead atoms. The van der Waals surface area contributed by atoms with Crippen molar-refractivity contribution in [2.24, 2.45) is 5.92 Å². The molecule has 0 unspecified atom stereocenters. The number of carbonyl (C=O) groups excluding carboxylic acids is 1. The summed E-state index contributed by atoms with van der Waals surface area (Å²) >= 11 is 5.92. The van der Waals surface area contributed by atoms with Gasteiger partial charge in [-0.25, -0.2) is 8.78 Å². The van der Waals surface area contributed by atoms with E-state index in [1.807, 2.05) is 12.1 Å². The average molecular weight is 314 g/mol. The zero-order chi connectivity index (χ0) is 15.0. The van der Waals surface area contributed by atoms with Crippen molar-refractivity contribution in [3.05, 3.63) is 34.9 Å². The highest BCUT2D eigenvalue weighted by Gasteiger charge is 2.48. The second-order valence-electron chi connectivity index (χ2n) is 6.10. The molecule has 1 heterocycles. The number of likely N-dealkylation sites (tertiary alicyclic amines) is 1. The summed E-state index contributed by atoms with van der Waals surface area (Å²) < 4.78 is 25.2. The van der Waals surface area contributed by atoms with Gasteiger partial charge in [0.05, 0.1) is 11.3 Å². The van der Waals surface area contributed by atoms with Crippen LogP contribution in [-0.4, -0.2) is 30.3 Å². The molecule has 1 saturated carbocycles. The molecule has 1 amide bonds. The average Bonchev–Trinajstić information content (AvgIpc) is 2.87. The molecule has 2 fully saturated rings. The van der Waals surface area contributed by atoms with Crippen LogP contribution in [0.5, 0.6) is 0 Å². The molecule has 0 aromatic heterocycles. The summed E-state index contributed by atoms with van der Waals surface area (Å²) in [4.78, 5) is 14.4. The molecule has 0 N–H and O–H groups in total. The maximum atomic E-state index is 12.9. The zero-order valence-electron chi connectivity index (χ0n) is 11.7. The number of amides is 1. The zero-order valence-corrected chi connectivity index (χ0v) is 12.5. The van der Waals surface area contributed by atoms with Crippen LogP contribution in [0.4, 0.5) is 8.78 Å². The maximum Gasteiger partial charge on any atom is 0.244 e. The Labute approximate surface area is 128 Å². The number of carbonyl (C=O) groups is 1. The van der Waals surface area contributed by atoms with E-state index in [1.165, 1.54) is 0 Å². The van der Waals surface area contributed by atoms with Crippen molar-refractivity contribution in [1.29, 1.82) is 0 Å². The van der Waals surface area contributed by atoms with Crippen LogP contribution in [0.1, 0.15) is 31.2 Å². The van der Waals surface area contributed by atoms with E-state index < -0.39 is 17.8 Å². The van der Waals surface area contributed by atoms with Crippen LogP contribution in [0.2, 0.25) is 5.02 Å². The quantitative estimate of drug-likeness (QED) is 0.829. The summed E-state index contributed by atoms with van der Waals surface area (Å²) in [5.74, 6) is -0.642. The summed E-state index contributed by atoms with van der Waals surface area (Å²) in [6, 6.07) is 7.39. The smallest absolute Gasteiger partial charge is 0.244 e. The Morgan fingerprint density at radius 1 is 1.19 bits per heavy atom. The van der Waals surface area contributed by atoms with Crippen LogP contribution in [0.3, 0.4) is 0 Å². The summed E-state index contributed by atoms with van der Waals surface area (Å²) in [6.07, 6.45) is 1.26. The number of nitrogens with zero attached hydrogens (tertiary/aromatic N) is 1. The largest absolute Gasteiger partial charge is 0.341 e. The van der Waals surface area contributed by atoms with Crippen LogP contribution in [0, 0.1) is 5.92 Å². The van der Waals surface area contributed by atoms with Crippen molar-refractivity contribution in [1.82, 2.24) is 4.90 Å². The Morgan fingerprint density at radius 3 is 2.29 bits per heavy atom. The minimum atomic E-state index is -2.33. The number of alkyl halides is 2. The van der Waals surface area contributed by atoms with E-state index in [0.717, 1.165) is 31.2 Å². The first-order chi connectivity index (χ1) is 10.0. The van der Waals surface area contributed by atoms with Crippen molar-refractivity contribution >= 4 is 17.5 Å². The third-order valence-electron chi connectivity index (χ3n) is 4.82. The number of hydrogen-bond donors (Lipinski definition) is 0. The van der Waals surface area contributed by atoms with Crippen LogP contribution in [-0.2, 0) is 10.2 Å². The fraction of sp³-hybridized carbons (Fsp3) is 0.562. The lowest BCUT2D eigenvalue weighted by Gasteiger charge is -2.44. The molecular weight excluding hydrogens is 296 g/mol. The second kappa shape index (κ2) is 5.56. The molecule has 1 aromatic rings. The minimum absolute atomic E-state index is 0.0132. The van der Waals surface area contributed by atoms with Gasteiger partial charge in [0.25, 0.3) is 0 Å². The number of rotatable bonds is 3. The Bertz CT molecular complexity index is 520. The van der Waals surface area contributed by atoms with Crippen molar-refractivity contribution < 1.29 is 13.6 Å². The van der Waals surface area contributed by atoms with Crippen LogP contribution < -0.4 is 0 Å². The third-order valence-corrected chi connectivity index (χ3v) is 5.07. The van der Waals surface area contributed by atoms with E-state index in [1.54, 1.807) is 17.0 Å². The molecule has 2 nitrogen and oxygen atoms in total. The van der Waals surface area contributed by atoms with Crippen molar-refractivity contribution in [2.45, 2.75) is 37.5 Å². The second-order valence-corrected chi connectivity index (χ2v) is 6.54. The highest BCUT2D eigenvalue weighted by Crippen LogP contribution is 2.44. The van der Waals surface area contributed by atoms with Gasteiger partial charge in [0, 0.05) is 18.1 Å². The van der Waals surface area contributed by atoms with Gasteiger partial charge in [0.15, 0.2) is 0 Å². The van der Waals surface area contributed by atoms with E-state index in [4.69, 9.17) is 11.6 Å². The predicted octanol–water partition coefficient (Wildman–Crippen LogP) is 3.88. The van der Waals surface area contributed by atoms with E-state index in [9.17, 15) is 13.6 Å². The summed E-state index contributed by atoms with van der Waals surface area (Å²) in [6.45, 7) is 0.373. The van der Waals surface area contributed by atoms with Gasteiger partial charge < -0.3 is 4.90 Å². The monoisotopic (exact) mass is 313 g/mol. The molecule has 5 heteroatoms. The standard InChI is InChI=1S/C16H18ClF2NO/c17-13-5-3-12(4-6-13)16(7-1-2-8-16)15(21)20-9-11(10-20)14(18)19/h3-6,11,14H,1-2,7-10H2. The van der Waals surface area contributed by atoms with Gasteiger partial charge in [-0.15, -0.1) is 0 Å². The van der Waals surface area contributed by atoms with Crippen LogP contribution >= 0.6 is 11.6 Å². The first-order valence-electron chi connectivity index (χ1n) is 7.36. The summed E-state index contributed by atoms with van der Waals surface area (Å²) in [5, 5.41) is 0.640. The third kappa shape index (κ3) is 2.54. The lowest BCUT2D eigenvalue weighted by atomic mass is 9.76. The lowest BCUT2D eigenvalue weighted by molar-refractivity contribution is -0.148. The number of benzene rings is 1. The molecule has 3 rings (SSSR count). The Balaban J connectivity index is 1.81. The molecule has 1 aliphatic carbocycles. The minimum Gasteiger partial charge on any atom is -0.341 e. The SMILES string of the molecule is O=C(N1CC(C(F)F)C1)C1(c2ccc(Cl)cc2)CCCC1. The highest BCUT2D eigenvalue weighted by atomic mass is 35.5. The highest BCUT2D eigenvalue weighted by molar-refractivity contribution is 6.30. The molecular formula is C16H18ClF2NO. The Morgan fingerprint density at radius 2 is 1.76 bits per heavy atom. The Kier molecular flexibility index (Phi) is 3.91. The lowest BCUT2D eigenvalue weighted by Crippen LogP contribution is -2.57. The molecule has 1 saturated heterocycles. The van der Waals surface area contributed by atoms with Gasteiger partial charge in [0.2, 0.25) is 12.3 Å². The van der Waals surface area contributed by atoms with Gasteiger partial charge in [-0.05, 0) is 30.5 Å². The van der Waals surface area contributed by atoms with Gasteiger partial charge in [-0.3, -0.25) is 4.79 Å². The van der Waals surface area contributed by atoms with Gasteiger partial charge in [0.1, 0.15) is 0 Å². The first-order valence-corrected chi connectivity index (χ1v) is 7.74. The number of hydrogen-bond acceptors (Lipinski definition) is 1. The normalized spacial score (nSPS) is 21.6. The van der Waals surface area contributed by atoms with Crippen molar-refractivity contribution in [2.75, 3.05) is 13.1 Å². The van der Waals surface area contributed by atoms with Gasteiger partial charge in [-0.1, -0.05) is 36.6 Å². The fourth-order valence-corrected chi connectivity index (χ4v) is 3.64. The fourth-order valence-electron chi connectivity index (χ4n) is 3.51. The topological polar surface area (TPSA) is 20.3 Å². The number of halogens is 3. The molecule has 1 aromatic carbocycles. The molecule has 0 spiro atoms. The summed E-state index contributed by atoms with van der Waals surface area (Å²) in [5.41, 5.74) is 0.437. The van der Waals surface area contributed by atoms with Crippen LogP contribution in [0.25, 0.3) is 0 Å². The summed E-state index contributed by atoms with van der Waals surface area (Å²) in [7, 11) is 0. The molecule has 0 atom stereocenters. The predicted molar refractivity (Wildman–Crippen MR) is 77.7 cm³/mol. The van der Waals surface area contributed by atoms with Crippen molar-refractivity contribution in [3.63, 3.8) is 0 Å². The van der Waals surface area contributed by atoms with E-state index in [2.05, 4.69) is 0 Å². The maximum absolute atomic E-state index is 12.9. The van der Waals surface area contributed by atoms with E-state index >= 15 is 0 Å². The van der Waals surface area contributed by atoms with E-state index in [0.29, 0.717) is 5.02 Å². The van der Waals surface area contributed by atoms with Gasteiger partial charge >= 0.3 is 0 Å².